The number of amides is 4. The zero-order valence-corrected chi connectivity index (χ0v) is 30.4. The summed E-state index contributed by atoms with van der Waals surface area (Å²) < 4.78 is 16.1. The second-order valence-electron chi connectivity index (χ2n) is 13.4. The van der Waals surface area contributed by atoms with E-state index in [-0.39, 0.29) is 30.2 Å². The number of carbonyl (C=O) groups is 4. The first-order valence-electron chi connectivity index (χ1n) is 16.7. The zero-order valence-electron chi connectivity index (χ0n) is 28.8. The van der Waals surface area contributed by atoms with Crippen molar-refractivity contribution in [1.29, 1.82) is 0 Å². The average molecular weight is 744 g/mol. The molecular formula is C40H36Cl2N2O8. The van der Waals surface area contributed by atoms with Crippen molar-refractivity contribution in [3.8, 4) is 23.0 Å². The molecule has 0 spiro atoms. The number of imide groups is 2. The van der Waals surface area contributed by atoms with Crippen LogP contribution < -0.4 is 19.1 Å². The molecule has 6 unspecified atom stereocenters. The minimum Gasteiger partial charge on any atom is -0.504 e. The van der Waals surface area contributed by atoms with Crippen LogP contribution in [0.15, 0.2) is 78.4 Å². The van der Waals surface area contributed by atoms with E-state index in [1.807, 2.05) is 48.6 Å². The summed E-state index contributed by atoms with van der Waals surface area (Å²) in [5.74, 6) is -3.47. The Labute approximate surface area is 310 Å². The molecule has 268 valence electrons. The third-order valence-corrected chi connectivity index (χ3v) is 12.2. The number of methoxy groups -OCH3 is 3. The molecule has 0 radical (unpaired) electrons. The molecule has 4 aliphatic rings. The number of rotatable bonds is 8. The molecule has 1 N–H and O–H groups in total. The Hall–Kier alpha value is -5.06. The second-order valence-corrected chi connectivity index (χ2v) is 14.6. The second kappa shape index (κ2) is 13.2. The largest absolute Gasteiger partial charge is 0.504 e. The van der Waals surface area contributed by atoms with Crippen molar-refractivity contribution in [2.75, 3.05) is 33.3 Å². The van der Waals surface area contributed by atoms with Crippen molar-refractivity contribution in [3.05, 3.63) is 95.1 Å². The number of phenols is 1. The highest BCUT2D eigenvalue weighted by Gasteiger charge is 2.75. The lowest BCUT2D eigenvalue weighted by Gasteiger charge is -2.49. The van der Waals surface area contributed by atoms with Crippen molar-refractivity contribution in [3.63, 3.8) is 0 Å². The monoisotopic (exact) mass is 742 g/mol. The smallest absolute Gasteiger partial charge is 0.253 e. The minimum atomic E-state index is -1.88. The van der Waals surface area contributed by atoms with Gasteiger partial charge >= 0.3 is 0 Å². The maximum atomic E-state index is 14.4. The van der Waals surface area contributed by atoms with Crippen molar-refractivity contribution in [1.82, 2.24) is 4.90 Å². The maximum absolute atomic E-state index is 14.4. The highest BCUT2D eigenvalue weighted by atomic mass is 35.5. The Bertz CT molecular complexity index is 2090. The normalized spacial score (nSPS) is 28.3. The van der Waals surface area contributed by atoms with Crippen molar-refractivity contribution in [2.24, 2.45) is 23.7 Å². The number of fused-ring (bicyclic) bond motifs is 4. The Morgan fingerprint density at radius 2 is 1.50 bits per heavy atom. The van der Waals surface area contributed by atoms with Gasteiger partial charge in [0.1, 0.15) is 11.5 Å². The summed E-state index contributed by atoms with van der Waals surface area (Å²) in [6, 6.07) is 17.3. The number of alkyl halides is 2. The van der Waals surface area contributed by atoms with Gasteiger partial charge in [-0.3, -0.25) is 29.0 Å². The van der Waals surface area contributed by atoms with Crippen LogP contribution in [0, 0.1) is 23.7 Å². The molecule has 4 amide bonds. The molecule has 10 nitrogen and oxygen atoms in total. The van der Waals surface area contributed by atoms with Crippen LogP contribution in [-0.4, -0.2) is 71.8 Å². The van der Waals surface area contributed by atoms with Crippen LogP contribution in [0.1, 0.15) is 29.5 Å². The fourth-order valence-corrected chi connectivity index (χ4v) is 9.12. The zero-order chi connectivity index (χ0) is 37.1. The number of anilines is 1. The van der Waals surface area contributed by atoms with Gasteiger partial charge in [0.05, 0.1) is 38.9 Å². The van der Waals surface area contributed by atoms with Gasteiger partial charge in [0, 0.05) is 18.5 Å². The van der Waals surface area contributed by atoms with E-state index in [4.69, 9.17) is 37.4 Å². The van der Waals surface area contributed by atoms with Crippen LogP contribution in [-0.2, 0) is 19.2 Å². The van der Waals surface area contributed by atoms with Gasteiger partial charge in [-0.25, -0.2) is 0 Å². The fraction of sp³-hybridized carbons (Fsp3) is 0.300. The van der Waals surface area contributed by atoms with Crippen LogP contribution in [0.25, 0.3) is 18.2 Å². The number of aromatic hydroxyl groups is 1. The van der Waals surface area contributed by atoms with Crippen LogP contribution in [0.5, 0.6) is 23.0 Å². The highest BCUT2D eigenvalue weighted by molar-refractivity contribution is 6.53. The number of likely N-dealkylation sites (tertiary alicyclic amines) is 1. The fourth-order valence-electron chi connectivity index (χ4n) is 8.14. The van der Waals surface area contributed by atoms with Gasteiger partial charge in [0.25, 0.3) is 11.8 Å². The van der Waals surface area contributed by atoms with Gasteiger partial charge in [0.15, 0.2) is 21.2 Å². The number of allylic oxidation sites excluding steroid dienone is 3. The molecular weight excluding hydrogens is 707 g/mol. The molecule has 0 bridgehead atoms. The molecule has 3 fully saturated rings. The number of hydrogen-bond acceptors (Lipinski definition) is 8. The molecule has 2 heterocycles. The van der Waals surface area contributed by atoms with E-state index in [0.29, 0.717) is 28.3 Å². The van der Waals surface area contributed by atoms with Gasteiger partial charge in [0.2, 0.25) is 11.8 Å². The Morgan fingerprint density at radius 1 is 0.788 bits per heavy atom. The van der Waals surface area contributed by atoms with Crippen LogP contribution >= 0.6 is 23.2 Å². The Balaban J connectivity index is 1.20. The number of carbonyl (C=O) groups excluding carboxylic acids is 4. The van der Waals surface area contributed by atoms with E-state index < -0.39 is 51.1 Å². The van der Waals surface area contributed by atoms with Crippen LogP contribution in [0.4, 0.5) is 5.69 Å². The van der Waals surface area contributed by atoms with E-state index in [1.165, 1.54) is 25.1 Å². The molecule has 3 aromatic carbocycles. The molecule has 6 atom stereocenters. The molecule has 1 saturated carbocycles. The van der Waals surface area contributed by atoms with Crippen LogP contribution in [0.2, 0.25) is 0 Å². The summed E-state index contributed by atoms with van der Waals surface area (Å²) in [6.07, 6.45) is 9.24. The van der Waals surface area contributed by atoms with Crippen molar-refractivity contribution >= 4 is 70.7 Å². The molecule has 0 aromatic heterocycles. The number of halogens is 2. The van der Waals surface area contributed by atoms with E-state index >= 15 is 0 Å². The first-order valence-corrected chi connectivity index (χ1v) is 17.5. The van der Waals surface area contributed by atoms with E-state index in [1.54, 1.807) is 50.6 Å². The summed E-state index contributed by atoms with van der Waals surface area (Å²) >= 11 is 14.4. The maximum Gasteiger partial charge on any atom is 0.253 e. The molecule has 52 heavy (non-hydrogen) atoms. The lowest BCUT2D eigenvalue weighted by Crippen LogP contribution is -2.60. The molecule has 7 rings (SSSR count). The number of ether oxygens (including phenoxy) is 3. The van der Waals surface area contributed by atoms with Gasteiger partial charge < -0.3 is 19.3 Å². The third-order valence-electron chi connectivity index (χ3n) is 10.8. The average Bonchev–Trinajstić information content (AvgIpc) is 3.48. The van der Waals surface area contributed by atoms with E-state index in [2.05, 4.69) is 0 Å². The number of hydrogen-bond donors (Lipinski definition) is 1. The quantitative estimate of drug-likeness (QED) is 0.123. The summed E-state index contributed by atoms with van der Waals surface area (Å²) in [5.41, 5.74) is 3.39. The third kappa shape index (κ3) is 5.30. The van der Waals surface area contributed by atoms with Gasteiger partial charge in [-0.05, 0) is 72.4 Å². The number of phenolic OH excluding ortho intramolecular Hbond substituents is 1. The number of benzene rings is 3. The molecule has 12 heteroatoms. The molecule has 3 aromatic rings. The SMILES string of the molecule is COc1ccc(OC)c(C=Cc2ccc(N3C(=O)C4CC=C5C(CC6(Cl)C(=O)N(C)C(=O)C6(Cl)C5C=Cc5ccc(O)c(OC)c5)C4C3=O)cc2)c1. The first-order chi connectivity index (χ1) is 24.9. The predicted octanol–water partition coefficient (Wildman–Crippen LogP) is 6.33. The Morgan fingerprint density at radius 3 is 2.19 bits per heavy atom. The molecule has 2 saturated heterocycles. The van der Waals surface area contributed by atoms with Gasteiger partial charge in [-0.2, -0.15) is 0 Å². The van der Waals surface area contributed by atoms with E-state index in [0.717, 1.165) is 16.0 Å². The van der Waals surface area contributed by atoms with Crippen LogP contribution in [0.3, 0.4) is 0 Å². The minimum absolute atomic E-state index is 0.0424. The summed E-state index contributed by atoms with van der Waals surface area (Å²) in [5, 5.41) is 10.1. The predicted molar refractivity (Wildman–Crippen MR) is 197 cm³/mol. The lowest BCUT2D eigenvalue weighted by atomic mass is 9.57. The topological polar surface area (TPSA) is 123 Å². The standard InChI is InChI=1S/C40H36Cl2N2O8/c1-43-37(48)39(41)21-29-27(30(40(39,42)38(43)49)16-8-23-9-17-31(45)33(19-23)52-4)14-15-28-34(29)36(47)44(35(28)46)25-11-6-22(7-12-25)5-10-24-20-26(50-2)13-18-32(24)51-3/h5-14,16-20,28-30,34,45H,15,21H2,1-4H3. The summed E-state index contributed by atoms with van der Waals surface area (Å²) in [4.78, 5) is 54.2. The first kappa shape index (κ1) is 35.3. The van der Waals surface area contributed by atoms with Gasteiger partial charge in [-0.15, -0.1) is 23.2 Å². The van der Waals surface area contributed by atoms with Crippen molar-refractivity contribution in [2.45, 2.75) is 22.6 Å². The van der Waals surface area contributed by atoms with Gasteiger partial charge in [-0.1, -0.05) is 54.2 Å². The van der Waals surface area contributed by atoms with E-state index in [9.17, 15) is 24.3 Å². The molecule has 2 aliphatic carbocycles. The van der Waals surface area contributed by atoms with Crippen molar-refractivity contribution < 1.29 is 38.5 Å². The summed E-state index contributed by atoms with van der Waals surface area (Å²) in [7, 11) is 5.97. The lowest BCUT2D eigenvalue weighted by molar-refractivity contribution is -0.138. The Kier molecular flexibility index (Phi) is 8.95. The number of nitrogens with zero attached hydrogens (tertiary/aromatic N) is 2. The highest BCUT2D eigenvalue weighted by Crippen LogP contribution is 2.63. The summed E-state index contributed by atoms with van der Waals surface area (Å²) in [6.45, 7) is 0. The molecule has 2 aliphatic heterocycles.